The van der Waals surface area contributed by atoms with E-state index in [-0.39, 0.29) is 41.5 Å². The highest BCUT2D eigenvalue weighted by Gasteiger charge is 2.41. The van der Waals surface area contributed by atoms with Crippen LogP contribution in [0, 0.1) is 21.7 Å². The number of quaternary nitrogens is 2. The molecule has 0 aliphatic carbocycles. The van der Waals surface area contributed by atoms with E-state index in [4.69, 9.17) is 9.84 Å². The molecule has 0 heterocycles. The molecule has 306 valence electrons. The van der Waals surface area contributed by atoms with Gasteiger partial charge in [-0.05, 0) is 56.8 Å². The molecule has 12 heteroatoms. The fourth-order valence-electron chi connectivity index (χ4n) is 6.68. The minimum absolute atomic E-state index is 0.0170. The fourth-order valence-corrected chi connectivity index (χ4v) is 7.40. The normalized spacial score (nSPS) is 16.5. The van der Waals surface area contributed by atoms with E-state index in [0.717, 1.165) is 6.42 Å². The number of rotatable bonds is 30. The first-order valence-electron chi connectivity index (χ1n) is 19.4. The van der Waals surface area contributed by atoms with Crippen LogP contribution in [0.4, 0.5) is 0 Å². The second-order valence-corrected chi connectivity index (χ2v) is 20.4. The first-order chi connectivity index (χ1) is 23.5. The van der Waals surface area contributed by atoms with E-state index >= 15 is 0 Å². The van der Waals surface area contributed by atoms with E-state index in [1.54, 1.807) is 7.11 Å². The van der Waals surface area contributed by atoms with Gasteiger partial charge in [-0.2, -0.15) is 8.42 Å². The molecule has 0 spiro atoms. The van der Waals surface area contributed by atoms with Crippen LogP contribution < -0.4 is 0 Å². The summed E-state index contributed by atoms with van der Waals surface area (Å²) in [5.74, 6) is -0.696. The number of carboxylic acids is 1. The maximum absolute atomic E-state index is 14.1. The zero-order valence-electron chi connectivity index (χ0n) is 35.2. The lowest BCUT2D eigenvalue weighted by atomic mass is 9.65. The van der Waals surface area contributed by atoms with E-state index in [1.807, 2.05) is 55.9 Å². The lowest BCUT2D eigenvalue weighted by Gasteiger charge is -2.38. The van der Waals surface area contributed by atoms with Gasteiger partial charge < -0.3 is 18.8 Å². The molecule has 0 aliphatic heterocycles. The van der Waals surface area contributed by atoms with E-state index in [9.17, 15) is 32.1 Å². The first-order valence-corrected chi connectivity index (χ1v) is 21.1. The Balaban J connectivity index is 6.04. The molecule has 52 heavy (non-hydrogen) atoms. The maximum atomic E-state index is 14.1. The van der Waals surface area contributed by atoms with Gasteiger partial charge in [0.15, 0.2) is 0 Å². The van der Waals surface area contributed by atoms with Crippen molar-refractivity contribution < 1.29 is 51.0 Å². The summed E-state index contributed by atoms with van der Waals surface area (Å²) in [5.41, 5.74) is -1.96. The minimum atomic E-state index is -4.07. The Morgan fingerprint density at radius 3 is 1.37 bits per heavy atom. The Morgan fingerprint density at radius 2 is 0.981 bits per heavy atom. The van der Waals surface area contributed by atoms with Crippen LogP contribution in [0.2, 0.25) is 0 Å². The topological polar surface area (TPSA) is 152 Å². The molecule has 0 aromatic heterocycles. The molecule has 0 aromatic rings. The Kier molecular flexibility index (Phi) is 20.7. The number of ether oxygens (including phenoxy) is 1. The van der Waals surface area contributed by atoms with Crippen LogP contribution in [0.3, 0.4) is 0 Å². The summed E-state index contributed by atoms with van der Waals surface area (Å²) in [4.78, 5) is 52.8. The van der Waals surface area contributed by atoms with Crippen molar-refractivity contribution in [1.29, 1.82) is 0 Å². The number of methoxy groups -OCH3 is 1. The summed E-state index contributed by atoms with van der Waals surface area (Å²) in [6.07, 6.45) is 7.44. The summed E-state index contributed by atoms with van der Waals surface area (Å²) >= 11 is 0. The van der Waals surface area contributed by atoms with Crippen molar-refractivity contribution in [3.05, 3.63) is 0 Å². The van der Waals surface area contributed by atoms with E-state index in [2.05, 4.69) is 20.8 Å². The molecular weight excluding hydrogens is 685 g/mol. The highest BCUT2D eigenvalue weighted by molar-refractivity contribution is 7.85. The SMILES string of the molecule is CCC(C)(CCC(C)(CCC(C)(CCC(C)(C)C)C(=O)CCC[N+](C)(C)CCS(=O)(=O)O)C(=O)CCCOC)C(=O)CCC[N+](C)(C)CCC(=O)O. The van der Waals surface area contributed by atoms with Crippen LogP contribution in [-0.4, -0.2) is 124 Å². The summed E-state index contributed by atoms with van der Waals surface area (Å²) in [5, 5.41) is 9.09. The van der Waals surface area contributed by atoms with Gasteiger partial charge in [0.25, 0.3) is 10.1 Å². The number of Topliss-reactive ketones (excluding diaryl/α,β-unsaturated/α-hetero) is 3. The lowest BCUT2D eigenvalue weighted by molar-refractivity contribution is -0.889. The smallest absolute Gasteiger partial charge is 0.309 e. The zero-order valence-corrected chi connectivity index (χ0v) is 36.0. The monoisotopic (exact) mass is 763 g/mol. The fraction of sp³-hybridized carbons (Fsp3) is 0.900. The van der Waals surface area contributed by atoms with Crippen LogP contribution in [0.5, 0.6) is 0 Å². The largest absolute Gasteiger partial charge is 0.481 e. The van der Waals surface area contributed by atoms with Gasteiger partial charge in [-0.25, -0.2) is 0 Å². The molecule has 0 aromatic carbocycles. The number of carboxylic acid groups (broad SMARTS) is 1. The van der Waals surface area contributed by atoms with Crippen molar-refractivity contribution in [2.75, 3.05) is 73.8 Å². The molecule has 3 unspecified atom stereocenters. The van der Waals surface area contributed by atoms with Crippen LogP contribution in [0.15, 0.2) is 0 Å². The molecule has 0 fully saturated rings. The molecule has 0 amide bonds. The van der Waals surface area contributed by atoms with Gasteiger partial charge in [-0.15, -0.1) is 0 Å². The molecule has 11 nitrogen and oxygen atoms in total. The summed E-state index contributed by atoms with van der Waals surface area (Å²) in [6.45, 7) is 17.1. The van der Waals surface area contributed by atoms with Gasteiger partial charge >= 0.3 is 5.97 Å². The Labute approximate surface area is 317 Å². The third-order valence-electron chi connectivity index (χ3n) is 11.7. The maximum Gasteiger partial charge on any atom is 0.309 e. The number of aliphatic carboxylic acids is 1. The summed E-state index contributed by atoms with van der Waals surface area (Å²) in [6, 6.07) is 0. The predicted octanol–water partition coefficient (Wildman–Crippen LogP) is 7.01. The second kappa shape index (κ2) is 21.4. The number of carbonyl (C=O) groups excluding carboxylic acids is 3. The van der Waals surface area contributed by atoms with Crippen molar-refractivity contribution in [3.63, 3.8) is 0 Å². The third kappa shape index (κ3) is 20.7. The van der Waals surface area contributed by atoms with E-state index in [0.29, 0.717) is 112 Å². The minimum Gasteiger partial charge on any atom is -0.481 e. The number of carbonyl (C=O) groups is 4. The van der Waals surface area contributed by atoms with Gasteiger partial charge in [0.05, 0.1) is 60.8 Å². The number of hydrogen-bond acceptors (Lipinski definition) is 7. The van der Waals surface area contributed by atoms with Crippen LogP contribution >= 0.6 is 0 Å². The van der Waals surface area contributed by atoms with Gasteiger partial charge in [0.1, 0.15) is 23.1 Å². The molecule has 3 atom stereocenters. The van der Waals surface area contributed by atoms with Crippen LogP contribution in [0.1, 0.15) is 138 Å². The molecule has 0 radical (unpaired) electrons. The van der Waals surface area contributed by atoms with E-state index in [1.165, 1.54) is 0 Å². The average Bonchev–Trinajstić information content (AvgIpc) is 3.02. The highest BCUT2D eigenvalue weighted by Crippen LogP contribution is 2.44. The number of nitrogens with zero attached hydrogens (tertiary/aromatic N) is 2. The van der Waals surface area contributed by atoms with Crippen molar-refractivity contribution in [2.45, 2.75) is 138 Å². The number of hydrogen-bond donors (Lipinski definition) is 2. The first kappa shape index (κ1) is 50.3. The van der Waals surface area contributed by atoms with Crippen molar-refractivity contribution in [2.24, 2.45) is 21.7 Å². The third-order valence-corrected chi connectivity index (χ3v) is 12.4. The molecule has 2 N–H and O–H groups in total. The van der Waals surface area contributed by atoms with Crippen molar-refractivity contribution in [3.8, 4) is 0 Å². The molecule has 0 bridgehead atoms. The Morgan fingerprint density at radius 1 is 0.596 bits per heavy atom. The average molecular weight is 763 g/mol. The summed E-state index contributed by atoms with van der Waals surface area (Å²) < 4.78 is 38.0. The van der Waals surface area contributed by atoms with E-state index < -0.39 is 32.3 Å². The Hall–Kier alpha value is -1.73. The van der Waals surface area contributed by atoms with Crippen molar-refractivity contribution in [1.82, 2.24) is 0 Å². The van der Waals surface area contributed by atoms with Gasteiger partial charge in [-0.3, -0.25) is 23.7 Å². The lowest BCUT2D eigenvalue weighted by Crippen LogP contribution is -2.44. The second-order valence-electron chi connectivity index (χ2n) is 18.9. The molecule has 0 rings (SSSR count). The van der Waals surface area contributed by atoms with Gasteiger partial charge in [0.2, 0.25) is 0 Å². The standard InChI is InChI=1S/C40H76N2O9S/c1-13-38(5,33(43)17-14-27-41(8,9)29-20-36(46)47)23-24-40(7,35(45)19-16-31-51-12)26-25-39(6,22-21-37(2,3)4)34(44)18-15-28-42(10,11)30-32-52(48,49)50/h13-32H2,1-12H3/p+2. The summed E-state index contributed by atoms with van der Waals surface area (Å²) in [7, 11) is 5.32. The van der Waals surface area contributed by atoms with Crippen molar-refractivity contribution >= 4 is 33.4 Å². The molecule has 0 aliphatic rings. The van der Waals surface area contributed by atoms with Crippen LogP contribution in [0.25, 0.3) is 0 Å². The highest BCUT2D eigenvalue weighted by atomic mass is 32.2. The quantitative estimate of drug-likeness (QED) is 0.0447. The zero-order chi connectivity index (χ0) is 40.7. The Bertz CT molecular complexity index is 1260. The predicted molar refractivity (Wildman–Crippen MR) is 209 cm³/mol. The molecule has 0 saturated heterocycles. The van der Waals surface area contributed by atoms with Crippen LogP contribution in [-0.2, 0) is 34.0 Å². The molecular formula is C40H78N2O9S+2. The number of ketones is 3. The van der Waals surface area contributed by atoms with Gasteiger partial charge in [-0.1, -0.05) is 48.5 Å². The van der Waals surface area contributed by atoms with Gasteiger partial charge in [0, 0.05) is 62.1 Å². The molecule has 0 saturated carbocycles.